The third-order valence-corrected chi connectivity index (χ3v) is 5.67. The van der Waals surface area contributed by atoms with Crippen molar-refractivity contribution < 1.29 is 32.3 Å². The smallest absolute Gasteiger partial charge is 0.326 e. The zero-order valence-corrected chi connectivity index (χ0v) is 15.5. The van der Waals surface area contributed by atoms with Gasteiger partial charge in [-0.05, 0) is 25.1 Å². The number of anilines is 1. The second-order valence-electron chi connectivity index (χ2n) is 5.58. The average molecular weight is 408 g/mol. The Labute approximate surface area is 160 Å². The van der Waals surface area contributed by atoms with Gasteiger partial charge in [-0.1, -0.05) is 12.1 Å². The number of hydrogen-bond donors (Lipinski definition) is 0. The molecule has 148 valence electrons. The van der Waals surface area contributed by atoms with Gasteiger partial charge in [0.05, 0.1) is 17.2 Å². The van der Waals surface area contributed by atoms with Crippen molar-refractivity contribution in [3.8, 4) is 11.5 Å². The number of carbonyl (C=O) groups is 1. The van der Waals surface area contributed by atoms with Gasteiger partial charge in [0.2, 0.25) is 6.79 Å². The topological polar surface area (TPSA) is 125 Å². The highest BCUT2D eigenvalue weighted by atomic mass is 32.2. The molecule has 2 aromatic rings. The van der Waals surface area contributed by atoms with Gasteiger partial charge in [0, 0.05) is 12.1 Å². The second-order valence-corrected chi connectivity index (χ2v) is 7.41. The van der Waals surface area contributed by atoms with Crippen molar-refractivity contribution in [3.63, 3.8) is 0 Å². The predicted molar refractivity (Wildman–Crippen MR) is 96.8 cm³/mol. The summed E-state index contributed by atoms with van der Waals surface area (Å²) < 4.78 is 42.5. The Balaban J connectivity index is 2.11. The normalized spacial score (nSPS) is 12.5. The van der Waals surface area contributed by atoms with E-state index in [9.17, 15) is 23.3 Å². The molecule has 0 saturated carbocycles. The Hall–Kier alpha value is -3.34. The number of nitrogens with zero attached hydrogens (tertiary/aromatic N) is 2. The Morgan fingerprint density at radius 1 is 1.21 bits per heavy atom. The monoisotopic (exact) mass is 408 g/mol. The third-order valence-electron chi connectivity index (χ3n) is 3.85. The highest BCUT2D eigenvalue weighted by Crippen LogP contribution is 2.37. The van der Waals surface area contributed by atoms with Gasteiger partial charge in [0.15, 0.2) is 16.4 Å². The highest BCUT2D eigenvalue weighted by Gasteiger charge is 2.34. The summed E-state index contributed by atoms with van der Waals surface area (Å²) in [6.45, 7) is 0.953. The molecule has 0 aromatic heterocycles. The Morgan fingerprint density at radius 2 is 1.93 bits per heavy atom. The standard InChI is InChI=1S/C17H16N2O8S/c1-2-25-17(20)10-18(12-7-8-14-15(9-12)27-11-26-14)28(23,24)16-6-4-3-5-13(16)19(21)22/h3-9H,2,10-11H2,1H3. The van der Waals surface area contributed by atoms with E-state index in [0.29, 0.717) is 11.5 Å². The van der Waals surface area contributed by atoms with Gasteiger partial charge in [0.25, 0.3) is 15.7 Å². The summed E-state index contributed by atoms with van der Waals surface area (Å²) in [4.78, 5) is 22.0. The number of para-hydroxylation sites is 1. The number of nitro benzene ring substituents is 1. The lowest BCUT2D eigenvalue weighted by Crippen LogP contribution is -2.37. The van der Waals surface area contributed by atoms with Crippen molar-refractivity contribution >= 4 is 27.4 Å². The summed E-state index contributed by atoms with van der Waals surface area (Å²) >= 11 is 0. The zero-order valence-electron chi connectivity index (χ0n) is 14.7. The molecule has 0 spiro atoms. The van der Waals surface area contributed by atoms with Gasteiger partial charge in [-0.2, -0.15) is 0 Å². The van der Waals surface area contributed by atoms with Crippen LogP contribution in [0.15, 0.2) is 47.4 Å². The lowest BCUT2D eigenvalue weighted by molar-refractivity contribution is -0.387. The average Bonchev–Trinajstić information content (AvgIpc) is 3.14. The summed E-state index contributed by atoms with van der Waals surface area (Å²) in [6, 6.07) is 9.20. The number of carbonyl (C=O) groups excluding carboxylic acids is 1. The third kappa shape index (κ3) is 3.69. The van der Waals surface area contributed by atoms with Crippen LogP contribution in [0.5, 0.6) is 11.5 Å². The van der Waals surface area contributed by atoms with Gasteiger partial charge >= 0.3 is 5.97 Å². The molecule has 11 heteroatoms. The fraction of sp³-hybridized carbons (Fsp3) is 0.235. The molecule has 10 nitrogen and oxygen atoms in total. The first-order valence-corrected chi connectivity index (χ1v) is 9.60. The van der Waals surface area contributed by atoms with Crippen LogP contribution in [0.25, 0.3) is 0 Å². The highest BCUT2D eigenvalue weighted by molar-refractivity contribution is 7.93. The van der Waals surface area contributed by atoms with Crippen LogP contribution in [0.1, 0.15) is 6.92 Å². The van der Waals surface area contributed by atoms with E-state index in [-0.39, 0.29) is 19.1 Å². The van der Waals surface area contributed by atoms with Crippen LogP contribution in [0.4, 0.5) is 11.4 Å². The molecule has 0 aliphatic carbocycles. The molecule has 0 amide bonds. The maximum absolute atomic E-state index is 13.2. The summed E-state index contributed by atoms with van der Waals surface area (Å²) in [7, 11) is -4.47. The van der Waals surface area contributed by atoms with Crippen molar-refractivity contribution in [2.75, 3.05) is 24.2 Å². The van der Waals surface area contributed by atoms with Gasteiger partial charge in [-0.15, -0.1) is 0 Å². The quantitative estimate of drug-likeness (QED) is 0.387. The van der Waals surface area contributed by atoms with Gasteiger partial charge in [0.1, 0.15) is 6.54 Å². The first kappa shape index (κ1) is 19.4. The van der Waals surface area contributed by atoms with E-state index in [4.69, 9.17) is 14.2 Å². The molecular formula is C17H16N2O8S. The molecule has 2 aromatic carbocycles. The first-order valence-electron chi connectivity index (χ1n) is 8.16. The van der Waals surface area contributed by atoms with Crippen LogP contribution in [0, 0.1) is 10.1 Å². The molecule has 1 aliphatic heterocycles. The molecule has 0 radical (unpaired) electrons. The van der Waals surface area contributed by atoms with Crippen molar-refractivity contribution in [3.05, 3.63) is 52.6 Å². The fourth-order valence-electron chi connectivity index (χ4n) is 2.62. The largest absolute Gasteiger partial charge is 0.465 e. The van der Waals surface area contributed by atoms with Gasteiger partial charge < -0.3 is 14.2 Å². The summed E-state index contributed by atoms with van der Waals surface area (Å²) in [6.07, 6.45) is 0. The number of rotatable bonds is 7. The minimum absolute atomic E-state index is 0.0203. The fourth-order valence-corrected chi connectivity index (χ4v) is 4.19. The Morgan fingerprint density at radius 3 is 2.64 bits per heavy atom. The number of sulfonamides is 1. The minimum atomic E-state index is -4.47. The van der Waals surface area contributed by atoms with Crippen LogP contribution < -0.4 is 13.8 Å². The SMILES string of the molecule is CCOC(=O)CN(c1ccc2c(c1)OCO2)S(=O)(=O)c1ccccc1[N+](=O)[O-]. The van der Waals surface area contributed by atoms with E-state index in [1.54, 1.807) is 6.92 Å². The first-order chi connectivity index (χ1) is 13.3. The van der Waals surface area contributed by atoms with Crippen LogP contribution in [-0.4, -0.2) is 39.3 Å². The van der Waals surface area contributed by atoms with Crippen molar-refractivity contribution in [2.45, 2.75) is 11.8 Å². The van der Waals surface area contributed by atoms with Crippen molar-refractivity contribution in [2.24, 2.45) is 0 Å². The second kappa shape index (κ2) is 7.72. The van der Waals surface area contributed by atoms with E-state index in [1.807, 2.05) is 0 Å². The van der Waals surface area contributed by atoms with E-state index in [0.717, 1.165) is 16.4 Å². The molecular weight excluding hydrogens is 392 g/mol. The Bertz CT molecular complexity index is 1020. The van der Waals surface area contributed by atoms with E-state index < -0.39 is 38.0 Å². The maximum atomic E-state index is 13.2. The molecule has 1 aliphatic rings. The summed E-state index contributed by atoms with van der Waals surface area (Å²) in [5.74, 6) is -0.0885. The number of esters is 1. The lowest BCUT2D eigenvalue weighted by Gasteiger charge is -2.23. The number of benzene rings is 2. The van der Waals surface area contributed by atoms with Gasteiger partial charge in [-0.3, -0.25) is 19.2 Å². The minimum Gasteiger partial charge on any atom is -0.465 e. The van der Waals surface area contributed by atoms with Crippen LogP contribution in [0.3, 0.4) is 0 Å². The maximum Gasteiger partial charge on any atom is 0.326 e. The molecule has 1 heterocycles. The molecule has 28 heavy (non-hydrogen) atoms. The van der Waals surface area contributed by atoms with Crippen molar-refractivity contribution in [1.82, 2.24) is 0 Å². The van der Waals surface area contributed by atoms with E-state index in [2.05, 4.69) is 0 Å². The number of hydrogen-bond acceptors (Lipinski definition) is 8. The molecule has 0 unspecified atom stereocenters. The molecule has 0 atom stereocenters. The lowest BCUT2D eigenvalue weighted by atomic mass is 10.3. The number of ether oxygens (including phenoxy) is 3. The molecule has 0 N–H and O–H groups in total. The van der Waals surface area contributed by atoms with E-state index in [1.165, 1.54) is 30.3 Å². The van der Waals surface area contributed by atoms with Crippen molar-refractivity contribution in [1.29, 1.82) is 0 Å². The van der Waals surface area contributed by atoms with Crippen LogP contribution in [0.2, 0.25) is 0 Å². The molecule has 0 bridgehead atoms. The van der Waals surface area contributed by atoms with Gasteiger partial charge in [-0.25, -0.2) is 8.42 Å². The number of nitro groups is 1. The predicted octanol–water partition coefficient (Wildman–Crippen LogP) is 2.08. The summed E-state index contributed by atoms with van der Waals surface area (Å²) in [5.41, 5.74) is -0.521. The van der Waals surface area contributed by atoms with Crippen LogP contribution in [-0.2, 0) is 19.6 Å². The Kier molecular flexibility index (Phi) is 5.36. The molecule has 3 rings (SSSR count). The number of fused-ring (bicyclic) bond motifs is 1. The molecule has 0 saturated heterocycles. The summed E-state index contributed by atoms with van der Waals surface area (Å²) in [5, 5.41) is 11.3. The molecule has 0 fully saturated rings. The van der Waals surface area contributed by atoms with Crippen LogP contribution >= 0.6 is 0 Å². The zero-order chi connectivity index (χ0) is 20.3. The van der Waals surface area contributed by atoms with E-state index >= 15 is 0 Å².